The Kier molecular flexibility index (Phi) is 5.62. The number of ether oxygens (including phenoxy) is 1. The van der Waals surface area contributed by atoms with Crippen LogP contribution < -0.4 is 5.32 Å². The maximum atomic E-state index is 13.2. The summed E-state index contributed by atoms with van der Waals surface area (Å²) >= 11 is 5.64. The van der Waals surface area contributed by atoms with Crippen molar-refractivity contribution in [3.05, 3.63) is 58.2 Å². The summed E-state index contributed by atoms with van der Waals surface area (Å²) in [5, 5.41) is 12.0. The molecule has 172 valence electrons. The number of carbonyl (C=O) groups excluding carboxylic acids is 1. The minimum atomic E-state index is -4.73. The van der Waals surface area contributed by atoms with E-state index in [0.717, 1.165) is 12.1 Å². The molecule has 1 aromatic heterocycles. The van der Waals surface area contributed by atoms with Crippen molar-refractivity contribution in [2.24, 2.45) is 5.92 Å². The molecule has 2 bridgehead atoms. The summed E-state index contributed by atoms with van der Waals surface area (Å²) < 4.78 is 84.2. The van der Waals surface area contributed by atoms with Gasteiger partial charge in [0, 0.05) is 12.3 Å². The van der Waals surface area contributed by atoms with Gasteiger partial charge in [-0.15, -0.1) is 0 Å². The minimum Gasteiger partial charge on any atom is -0.390 e. The number of fused-ring (bicyclic) bond motifs is 2. The van der Waals surface area contributed by atoms with Crippen LogP contribution in [0, 0.1) is 5.92 Å². The number of nitrogens with zero attached hydrogens (tertiary/aromatic N) is 1. The van der Waals surface area contributed by atoms with E-state index < -0.39 is 70.5 Å². The van der Waals surface area contributed by atoms with E-state index in [2.05, 4.69) is 10.3 Å². The summed E-state index contributed by atoms with van der Waals surface area (Å²) in [7, 11) is 0. The van der Waals surface area contributed by atoms with Gasteiger partial charge >= 0.3 is 12.4 Å². The molecule has 4 rings (SSSR count). The second-order valence-corrected chi connectivity index (χ2v) is 8.06. The molecule has 2 N–H and O–H groups in total. The van der Waals surface area contributed by atoms with Crippen molar-refractivity contribution >= 4 is 23.3 Å². The number of alkyl halides is 6. The molecule has 2 aliphatic heterocycles. The smallest absolute Gasteiger partial charge is 0.390 e. The van der Waals surface area contributed by atoms with E-state index in [1.165, 1.54) is 12.1 Å². The SMILES string of the molecule is O=C(Nc1cc(C(F)(F)F)cc(Cl)n1)[C@@H]1[C@@H](c2cccc(C(F)(F)F)c2)[C@H]2O[C@@H]1C[C@@H]2O. The summed E-state index contributed by atoms with van der Waals surface area (Å²) in [6.07, 6.45) is -12.0. The Morgan fingerprint density at radius 1 is 1.09 bits per heavy atom. The van der Waals surface area contributed by atoms with Crippen molar-refractivity contribution in [3.8, 4) is 0 Å². The van der Waals surface area contributed by atoms with E-state index in [9.17, 15) is 36.2 Å². The Labute approximate surface area is 182 Å². The molecule has 0 unspecified atom stereocenters. The Bertz CT molecular complexity index is 1040. The topological polar surface area (TPSA) is 71.5 Å². The third-order valence-electron chi connectivity index (χ3n) is 5.60. The number of halogens is 7. The first kappa shape index (κ1) is 22.8. The Morgan fingerprint density at radius 3 is 2.44 bits per heavy atom. The first-order valence-electron chi connectivity index (χ1n) is 9.41. The van der Waals surface area contributed by atoms with Gasteiger partial charge in [-0.3, -0.25) is 4.79 Å². The average Bonchev–Trinajstić information content (AvgIpc) is 3.23. The normalized spacial score (nSPS) is 27.6. The first-order chi connectivity index (χ1) is 14.8. The number of benzene rings is 1. The fourth-order valence-corrected chi connectivity index (χ4v) is 4.51. The van der Waals surface area contributed by atoms with Crippen LogP contribution in [-0.2, 0) is 21.9 Å². The highest BCUT2D eigenvalue weighted by molar-refractivity contribution is 6.29. The van der Waals surface area contributed by atoms with E-state index >= 15 is 0 Å². The number of nitrogens with one attached hydrogen (secondary N) is 1. The lowest BCUT2D eigenvalue weighted by Gasteiger charge is -2.30. The van der Waals surface area contributed by atoms with Crippen molar-refractivity contribution in [2.75, 3.05) is 5.32 Å². The zero-order valence-electron chi connectivity index (χ0n) is 15.9. The van der Waals surface area contributed by atoms with Gasteiger partial charge in [-0.25, -0.2) is 4.98 Å². The third kappa shape index (κ3) is 4.28. The molecule has 5 nitrogen and oxygen atoms in total. The second-order valence-electron chi connectivity index (χ2n) is 7.67. The Morgan fingerprint density at radius 2 is 1.78 bits per heavy atom. The van der Waals surface area contributed by atoms with Gasteiger partial charge in [-0.05, 0) is 23.8 Å². The van der Waals surface area contributed by atoms with Gasteiger partial charge in [0.1, 0.15) is 11.0 Å². The predicted molar refractivity (Wildman–Crippen MR) is 99.8 cm³/mol. The molecule has 0 aliphatic carbocycles. The fraction of sp³-hybridized carbons (Fsp3) is 0.400. The number of hydrogen-bond acceptors (Lipinski definition) is 4. The number of aliphatic hydroxyl groups excluding tert-OH is 1. The van der Waals surface area contributed by atoms with Crippen LogP contribution in [0.4, 0.5) is 32.2 Å². The number of carbonyl (C=O) groups is 1. The number of aromatic nitrogens is 1. The quantitative estimate of drug-likeness (QED) is 0.496. The highest BCUT2D eigenvalue weighted by atomic mass is 35.5. The van der Waals surface area contributed by atoms with Crippen molar-refractivity contribution in [1.82, 2.24) is 4.98 Å². The number of amides is 1. The molecule has 2 aliphatic rings. The van der Waals surface area contributed by atoms with E-state index in [1.807, 2.05) is 0 Å². The Hall–Kier alpha value is -2.37. The molecule has 0 radical (unpaired) electrons. The van der Waals surface area contributed by atoms with E-state index in [1.54, 1.807) is 0 Å². The highest BCUT2D eigenvalue weighted by Crippen LogP contribution is 2.50. The van der Waals surface area contributed by atoms with Gasteiger partial charge in [-0.1, -0.05) is 29.8 Å². The van der Waals surface area contributed by atoms with Crippen LogP contribution in [-0.4, -0.2) is 34.3 Å². The molecular weight excluding hydrogens is 466 g/mol. The van der Waals surface area contributed by atoms with Crippen LogP contribution >= 0.6 is 11.6 Å². The number of rotatable bonds is 3. The maximum absolute atomic E-state index is 13.2. The lowest BCUT2D eigenvalue weighted by molar-refractivity contribution is -0.138. The monoisotopic (exact) mass is 480 g/mol. The van der Waals surface area contributed by atoms with Crippen molar-refractivity contribution < 1.29 is 41.0 Å². The molecular formula is C20H15ClF6N2O3. The fourth-order valence-electron chi connectivity index (χ4n) is 4.30. The zero-order chi connectivity index (χ0) is 23.4. The lowest BCUT2D eigenvalue weighted by atomic mass is 9.73. The van der Waals surface area contributed by atoms with Gasteiger partial charge in [0.15, 0.2) is 0 Å². The first-order valence-corrected chi connectivity index (χ1v) is 9.79. The van der Waals surface area contributed by atoms with Crippen molar-refractivity contribution in [3.63, 3.8) is 0 Å². The highest BCUT2D eigenvalue weighted by Gasteiger charge is 2.57. The van der Waals surface area contributed by atoms with Gasteiger partial charge in [0.25, 0.3) is 0 Å². The third-order valence-corrected chi connectivity index (χ3v) is 5.79. The van der Waals surface area contributed by atoms with Gasteiger partial charge < -0.3 is 15.2 Å². The summed E-state index contributed by atoms with van der Waals surface area (Å²) in [4.78, 5) is 16.7. The van der Waals surface area contributed by atoms with Crippen LogP contribution in [0.1, 0.15) is 29.0 Å². The molecule has 1 amide bonds. The van der Waals surface area contributed by atoms with E-state index in [4.69, 9.17) is 16.3 Å². The summed E-state index contributed by atoms with van der Waals surface area (Å²) in [6.45, 7) is 0. The second kappa shape index (κ2) is 7.89. The molecule has 2 aromatic rings. The predicted octanol–water partition coefficient (Wildman–Crippen LogP) is 4.64. The molecule has 32 heavy (non-hydrogen) atoms. The van der Waals surface area contributed by atoms with Gasteiger partial charge in [0.05, 0.1) is 35.4 Å². The van der Waals surface area contributed by atoms with Crippen LogP contribution in [0.25, 0.3) is 0 Å². The number of hydrogen-bond donors (Lipinski definition) is 2. The molecule has 1 aromatic carbocycles. The number of aliphatic hydroxyl groups is 1. The molecule has 2 fully saturated rings. The molecule has 0 saturated carbocycles. The van der Waals surface area contributed by atoms with Crippen LogP contribution in [0.3, 0.4) is 0 Å². The largest absolute Gasteiger partial charge is 0.416 e. The van der Waals surface area contributed by atoms with Gasteiger partial charge in [-0.2, -0.15) is 26.3 Å². The van der Waals surface area contributed by atoms with Crippen molar-refractivity contribution in [2.45, 2.75) is 43.0 Å². The summed E-state index contributed by atoms with van der Waals surface area (Å²) in [6, 6.07) is 5.51. The summed E-state index contributed by atoms with van der Waals surface area (Å²) in [5.41, 5.74) is -1.93. The van der Waals surface area contributed by atoms with Crippen LogP contribution in [0.5, 0.6) is 0 Å². The Balaban J connectivity index is 1.65. The molecule has 2 saturated heterocycles. The zero-order valence-corrected chi connectivity index (χ0v) is 16.7. The van der Waals surface area contributed by atoms with E-state index in [-0.39, 0.29) is 12.0 Å². The number of pyridine rings is 1. The minimum absolute atomic E-state index is 0.0645. The molecule has 12 heteroatoms. The maximum Gasteiger partial charge on any atom is 0.416 e. The standard InChI is InChI=1S/C20H15ClF6N2O3/c21-13-5-10(20(25,26)27)6-14(28-13)29-18(31)16-12-7-11(30)17(32-12)15(16)8-2-1-3-9(4-8)19(22,23)24/h1-6,11-12,15-17,30H,7H2,(H,28,29,31)/t11-,12+,15+,16-,17-/m0/s1. The average molecular weight is 481 g/mol. The van der Waals surface area contributed by atoms with E-state index in [0.29, 0.717) is 12.1 Å². The van der Waals surface area contributed by atoms with Crippen molar-refractivity contribution in [1.29, 1.82) is 0 Å². The molecule has 5 atom stereocenters. The molecule has 3 heterocycles. The van der Waals surface area contributed by atoms with Crippen LogP contribution in [0.15, 0.2) is 36.4 Å². The van der Waals surface area contributed by atoms with Gasteiger partial charge in [0.2, 0.25) is 5.91 Å². The number of anilines is 1. The lowest BCUT2D eigenvalue weighted by Crippen LogP contribution is -2.41. The van der Waals surface area contributed by atoms with Crippen LogP contribution in [0.2, 0.25) is 5.15 Å². The summed E-state index contributed by atoms with van der Waals surface area (Å²) in [5.74, 6) is -3.25. The molecule has 0 spiro atoms.